The van der Waals surface area contributed by atoms with Gasteiger partial charge in [0, 0.05) is 11.0 Å². The largest absolute Gasteiger partial charge is 0.398 e. The van der Waals surface area contributed by atoms with Gasteiger partial charge in [-0.25, -0.2) is 13.1 Å². The molecule has 0 spiro atoms. The highest BCUT2D eigenvalue weighted by atomic mass is 79.9. The Morgan fingerprint density at radius 1 is 1.44 bits per heavy atom. The Hall–Kier alpha value is -1.12. The lowest BCUT2D eigenvalue weighted by Crippen LogP contribution is -2.36. The predicted molar refractivity (Wildman–Crippen MR) is 72.4 cm³/mol. The Kier molecular flexibility index (Phi) is 5.12. The van der Waals surface area contributed by atoms with Crippen LogP contribution in [0.15, 0.2) is 27.6 Å². The van der Waals surface area contributed by atoms with E-state index >= 15 is 0 Å². The first kappa shape index (κ1) is 14.9. The minimum atomic E-state index is -3.79. The molecule has 0 aliphatic rings. The summed E-state index contributed by atoms with van der Waals surface area (Å²) in [5, 5.41) is 2.49. The fourth-order valence-corrected chi connectivity index (χ4v) is 2.89. The van der Waals surface area contributed by atoms with Crippen molar-refractivity contribution in [3.8, 4) is 0 Å². The van der Waals surface area contributed by atoms with Gasteiger partial charge in [-0.2, -0.15) is 0 Å². The summed E-state index contributed by atoms with van der Waals surface area (Å²) in [4.78, 5) is 11.1. The lowest BCUT2D eigenvalue weighted by molar-refractivity contribution is -0.119. The van der Waals surface area contributed by atoms with Gasteiger partial charge >= 0.3 is 0 Å². The van der Waals surface area contributed by atoms with Crippen LogP contribution in [0.3, 0.4) is 0 Å². The van der Waals surface area contributed by atoms with Crippen LogP contribution in [0.4, 0.5) is 5.69 Å². The normalized spacial score (nSPS) is 11.2. The molecule has 1 amide bonds. The Labute approximate surface area is 114 Å². The van der Waals surface area contributed by atoms with Crippen LogP contribution in [-0.4, -0.2) is 27.4 Å². The highest BCUT2D eigenvalue weighted by Gasteiger charge is 2.18. The fourth-order valence-electron chi connectivity index (χ4n) is 1.24. The summed E-state index contributed by atoms with van der Waals surface area (Å²) in [6, 6.07) is 4.50. The Morgan fingerprint density at radius 2 is 2.11 bits per heavy atom. The first-order valence-corrected chi connectivity index (χ1v) is 7.46. The number of hydrogen-bond acceptors (Lipinski definition) is 4. The van der Waals surface area contributed by atoms with Crippen molar-refractivity contribution in [3.05, 3.63) is 22.7 Å². The van der Waals surface area contributed by atoms with E-state index < -0.39 is 15.9 Å². The lowest BCUT2D eigenvalue weighted by Gasteiger charge is -2.09. The third-order valence-electron chi connectivity index (χ3n) is 2.06. The molecular weight excluding hydrogens is 322 g/mol. The topological polar surface area (TPSA) is 101 Å². The minimum Gasteiger partial charge on any atom is -0.398 e. The van der Waals surface area contributed by atoms with Gasteiger partial charge in [0.2, 0.25) is 15.9 Å². The summed E-state index contributed by atoms with van der Waals surface area (Å²) in [6.07, 6.45) is 0. The molecule has 100 valence electrons. The van der Waals surface area contributed by atoms with Gasteiger partial charge in [0.1, 0.15) is 4.90 Å². The van der Waals surface area contributed by atoms with E-state index in [-0.39, 0.29) is 17.1 Å². The van der Waals surface area contributed by atoms with Crippen molar-refractivity contribution < 1.29 is 13.2 Å². The molecule has 0 bridgehead atoms. The number of amides is 1. The quantitative estimate of drug-likeness (QED) is 0.680. The van der Waals surface area contributed by atoms with Gasteiger partial charge in [-0.3, -0.25) is 4.79 Å². The number of carbonyl (C=O) groups is 1. The number of anilines is 1. The summed E-state index contributed by atoms with van der Waals surface area (Å²) < 4.78 is 26.6. The van der Waals surface area contributed by atoms with Gasteiger partial charge in [-0.15, -0.1) is 0 Å². The standard InChI is InChI=1S/C10H14BrN3O3S/c1-2-13-10(15)6-14-18(16,17)9-5-7(11)3-4-8(9)12/h3-5,14H,2,6,12H2,1H3,(H,13,15). The molecule has 4 N–H and O–H groups in total. The Bertz CT molecular complexity index is 545. The summed E-state index contributed by atoms with van der Waals surface area (Å²) >= 11 is 3.17. The van der Waals surface area contributed by atoms with E-state index in [1.165, 1.54) is 12.1 Å². The van der Waals surface area contributed by atoms with Gasteiger partial charge in [0.15, 0.2) is 0 Å². The molecule has 1 aromatic rings. The number of sulfonamides is 1. The second-order valence-corrected chi connectivity index (χ2v) is 6.11. The molecule has 0 aliphatic heterocycles. The highest BCUT2D eigenvalue weighted by molar-refractivity contribution is 9.10. The molecule has 0 heterocycles. The molecular formula is C10H14BrN3O3S. The van der Waals surface area contributed by atoms with E-state index in [9.17, 15) is 13.2 Å². The molecule has 6 nitrogen and oxygen atoms in total. The van der Waals surface area contributed by atoms with Gasteiger partial charge in [-0.1, -0.05) is 15.9 Å². The second-order valence-electron chi connectivity index (χ2n) is 3.46. The maximum absolute atomic E-state index is 11.9. The summed E-state index contributed by atoms with van der Waals surface area (Å²) in [5.74, 6) is -0.394. The maximum atomic E-state index is 11.9. The zero-order chi connectivity index (χ0) is 13.8. The number of rotatable bonds is 5. The van der Waals surface area contributed by atoms with Crippen molar-refractivity contribution in [2.24, 2.45) is 0 Å². The second kappa shape index (κ2) is 6.17. The molecule has 0 aliphatic carbocycles. The average molecular weight is 336 g/mol. The van der Waals surface area contributed by atoms with Crippen LogP contribution in [-0.2, 0) is 14.8 Å². The maximum Gasteiger partial charge on any atom is 0.243 e. The van der Waals surface area contributed by atoms with Crippen molar-refractivity contribution in [1.82, 2.24) is 10.0 Å². The van der Waals surface area contributed by atoms with Crippen LogP contribution in [0, 0.1) is 0 Å². The van der Waals surface area contributed by atoms with Crippen LogP contribution >= 0.6 is 15.9 Å². The number of halogens is 1. The molecule has 0 saturated carbocycles. The SMILES string of the molecule is CCNC(=O)CNS(=O)(=O)c1cc(Br)ccc1N. The molecule has 1 aromatic carbocycles. The van der Waals surface area contributed by atoms with Crippen molar-refractivity contribution >= 4 is 37.5 Å². The van der Waals surface area contributed by atoms with Crippen molar-refractivity contribution in [1.29, 1.82) is 0 Å². The van der Waals surface area contributed by atoms with E-state index in [0.717, 1.165) is 0 Å². The van der Waals surface area contributed by atoms with E-state index in [2.05, 4.69) is 26.0 Å². The zero-order valence-corrected chi connectivity index (χ0v) is 12.1. The molecule has 0 radical (unpaired) electrons. The number of carbonyl (C=O) groups excluding carboxylic acids is 1. The minimum absolute atomic E-state index is 0.0545. The van der Waals surface area contributed by atoms with Crippen LogP contribution in [0.2, 0.25) is 0 Å². The van der Waals surface area contributed by atoms with Crippen molar-refractivity contribution in [2.45, 2.75) is 11.8 Å². The number of likely N-dealkylation sites (N-methyl/N-ethyl adjacent to an activating group) is 1. The van der Waals surface area contributed by atoms with Gasteiger partial charge in [0.25, 0.3) is 0 Å². The van der Waals surface area contributed by atoms with E-state index in [1.807, 2.05) is 0 Å². The average Bonchev–Trinajstić information content (AvgIpc) is 2.30. The highest BCUT2D eigenvalue weighted by Crippen LogP contribution is 2.22. The monoisotopic (exact) mass is 335 g/mol. The van der Waals surface area contributed by atoms with Crippen LogP contribution in [0.25, 0.3) is 0 Å². The van der Waals surface area contributed by atoms with Gasteiger partial charge in [0.05, 0.1) is 12.2 Å². The van der Waals surface area contributed by atoms with Crippen LogP contribution < -0.4 is 15.8 Å². The third-order valence-corrected chi connectivity index (χ3v) is 4.01. The number of nitrogens with one attached hydrogen (secondary N) is 2. The predicted octanol–water partition coefficient (Wildman–Crippen LogP) is 0.446. The number of nitrogen functional groups attached to an aromatic ring is 1. The first-order valence-electron chi connectivity index (χ1n) is 5.18. The summed E-state index contributed by atoms with van der Waals surface area (Å²) in [7, 11) is -3.79. The molecule has 18 heavy (non-hydrogen) atoms. The molecule has 8 heteroatoms. The number of hydrogen-bond donors (Lipinski definition) is 3. The molecule has 0 unspecified atom stereocenters. The van der Waals surface area contributed by atoms with Crippen LogP contribution in [0.5, 0.6) is 0 Å². The van der Waals surface area contributed by atoms with Crippen LogP contribution in [0.1, 0.15) is 6.92 Å². The zero-order valence-electron chi connectivity index (χ0n) is 9.73. The lowest BCUT2D eigenvalue weighted by atomic mass is 10.3. The van der Waals surface area contributed by atoms with E-state index in [4.69, 9.17) is 5.73 Å². The molecule has 0 saturated heterocycles. The number of benzene rings is 1. The fraction of sp³-hybridized carbons (Fsp3) is 0.300. The van der Waals surface area contributed by atoms with Crippen molar-refractivity contribution in [3.63, 3.8) is 0 Å². The van der Waals surface area contributed by atoms with Gasteiger partial charge < -0.3 is 11.1 Å². The molecule has 1 rings (SSSR count). The van der Waals surface area contributed by atoms with Crippen molar-refractivity contribution in [2.75, 3.05) is 18.8 Å². The molecule has 0 fully saturated rings. The molecule has 0 aromatic heterocycles. The van der Waals surface area contributed by atoms with Gasteiger partial charge in [-0.05, 0) is 25.1 Å². The Morgan fingerprint density at radius 3 is 2.72 bits per heavy atom. The Balaban J connectivity index is 2.87. The smallest absolute Gasteiger partial charge is 0.243 e. The molecule has 0 atom stereocenters. The summed E-state index contributed by atoms with van der Waals surface area (Å²) in [5.41, 5.74) is 5.73. The number of nitrogens with two attached hydrogens (primary N) is 1. The third kappa shape index (κ3) is 3.97. The summed E-state index contributed by atoms with van der Waals surface area (Å²) in [6.45, 7) is 1.88. The van der Waals surface area contributed by atoms with E-state index in [0.29, 0.717) is 11.0 Å². The van der Waals surface area contributed by atoms with E-state index in [1.54, 1.807) is 13.0 Å². The first-order chi connectivity index (χ1) is 8.36.